The zero-order chi connectivity index (χ0) is 18.8. The van der Waals surface area contributed by atoms with Crippen LogP contribution in [0.4, 0.5) is 5.69 Å². The summed E-state index contributed by atoms with van der Waals surface area (Å²) in [4.78, 5) is 16.9. The average Bonchev–Trinajstić information content (AvgIpc) is 3.40. The van der Waals surface area contributed by atoms with Gasteiger partial charge in [-0.05, 0) is 24.6 Å². The molecule has 0 aliphatic heterocycles. The van der Waals surface area contributed by atoms with Gasteiger partial charge in [0, 0.05) is 37.1 Å². The Bertz CT molecular complexity index is 1190. The molecule has 0 unspecified atom stereocenters. The van der Waals surface area contributed by atoms with Crippen molar-refractivity contribution in [2.75, 3.05) is 11.9 Å². The van der Waals surface area contributed by atoms with Crippen LogP contribution in [0.2, 0.25) is 0 Å². The fraction of sp³-hybridized carbons (Fsp3) is 0.136. The van der Waals surface area contributed by atoms with Crippen LogP contribution in [0.3, 0.4) is 0 Å². The van der Waals surface area contributed by atoms with Gasteiger partial charge in [0.15, 0.2) is 0 Å². The number of nitrogens with one attached hydrogen (secondary N) is 2. The van der Waals surface area contributed by atoms with Crippen LogP contribution in [0.1, 0.15) is 6.42 Å². The summed E-state index contributed by atoms with van der Waals surface area (Å²) < 4.78 is 2.09. The van der Waals surface area contributed by atoms with Crippen molar-refractivity contribution in [1.29, 1.82) is 0 Å². The summed E-state index contributed by atoms with van der Waals surface area (Å²) in [7, 11) is 0. The van der Waals surface area contributed by atoms with E-state index in [2.05, 4.69) is 30.9 Å². The Morgan fingerprint density at radius 3 is 2.71 bits per heavy atom. The zero-order valence-corrected chi connectivity index (χ0v) is 15.3. The van der Waals surface area contributed by atoms with Gasteiger partial charge in [0.1, 0.15) is 5.82 Å². The van der Waals surface area contributed by atoms with Gasteiger partial charge in [-0.15, -0.1) is 0 Å². The highest BCUT2D eigenvalue weighted by atomic mass is 15.0. The van der Waals surface area contributed by atoms with Crippen molar-refractivity contribution in [2.45, 2.75) is 13.0 Å². The number of anilines is 1. The second-order valence-electron chi connectivity index (χ2n) is 6.75. The molecule has 3 heterocycles. The third-order valence-electron chi connectivity index (χ3n) is 4.87. The lowest BCUT2D eigenvalue weighted by Gasteiger charge is -2.14. The Morgan fingerprint density at radius 2 is 1.86 bits per heavy atom. The number of aryl methyl sites for hydroxylation is 1. The van der Waals surface area contributed by atoms with Gasteiger partial charge < -0.3 is 14.9 Å². The van der Waals surface area contributed by atoms with Gasteiger partial charge in [0.25, 0.3) is 0 Å². The van der Waals surface area contributed by atoms with Crippen molar-refractivity contribution in [1.82, 2.24) is 24.5 Å². The lowest BCUT2D eigenvalue weighted by molar-refractivity contribution is 0.661. The quantitative estimate of drug-likeness (QED) is 0.434. The smallest absolute Gasteiger partial charge is 0.142 e. The van der Waals surface area contributed by atoms with Crippen molar-refractivity contribution >= 4 is 27.6 Å². The molecule has 6 heteroatoms. The monoisotopic (exact) mass is 368 g/mol. The molecule has 0 aliphatic carbocycles. The van der Waals surface area contributed by atoms with E-state index >= 15 is 0 Å². The van der Waals surface area contributed by atoms with Crippen LogP contribution >= 0.6 is 0 Å². The van der Waals surface area contributed by atoms with Crippen molar-refractivity contribution in [3.05, 3.63) is 73.4 Å². The van der Waals surface area contributed by atoms with E-state index in [1.165, 1.54) is 0 Å². The van der Waals surface area contributed by atoms with Crippen LogP contribution in [0.5, 0.6) is 0 Å². The van der Waals surface area contributed by atoms with E-state index in [1.54, 1.807) is 0 Å². The molecule has 6 nitrogen and oxygen atoms in total. The van der Waals surface area contributed by atoms with Gasteiger partial charge in [-0.2, -0.15) is 0 Å². The molecule has 0 spiro atoms. The van der Waals surface area contributed by atoms with Crippen LogP contribution in [0.25, 0.3) is 33.3 Å². The Morgan fingerprint density at radius 1 is 1.00 bits per heavy atom. The molecule has 0 radical (unpaired) electrons. The van der Waals surface area contributed by atoms with E-state index in [4.69, 9.17) is 4.98 Å². The van der Waals surface area contributed by atoms with Crippen molar-refractivity contribution in [3.63, 3.8) is 0 Å². The van der Waals surface area contributed by atoms with Gasteiger partial charge in [-0.1, -0.05) is 30.3 Å². The Balaban J connectivity index is 1.50. The van der Waals surface area contributed by atoms with E-state index in [1.807, 2.05) is 67.4 Å². The number of H-pyrrole nitrogens is 1. The van der Waals surface area contributed by atoms with Crippen LogP contribution in [0, 0.1) is 0 Å². The first kappa shape index (κ1) is 16.5. The average molecular weight is 368 g/mol. The maximum absolute atomic E-state index is 4.77. The van der Waals surface area contributed by atoms with Crippen LogP contribution in [-0.4, -0.2) is 31.0 Å². The fourth-order valence-corrected chi connectivity index (χ4v) is 3.49. The summed E-state index contributed by atoms with van der Waals surface area (Å²) in [5, 5.41) is 4.73. The molecule has 2 aromatic carbocycles. The fourth-order valence-electron chi connectivity index (χ4n) is 3.49. The standard InChI is InChI=1S/C22H20N6/c1-2-7-18-16(6-1)21(24-10-5-12-28-13-11-23-15-28)17(14-25-18)22-26-19-8-3-4-9-20(19)27-22/h1-4,6-9,11,13-15H,5,10,12H2,(H,24,25)(H,26,27). The zero-order valence-electron chi connectivity index (χ0n) is 15.3. The summed E-state index contributed by atoms with van der Waals surface area (Å²) >= 11 is 0. The van der Waals surface area contributed by atoms with E-state index in [0.717, 1.165) is 58.5 Å². The van der Waals surface area contributed by atoms with E-state index in [0.29, 0.717) is 0 Å². The molecular weight excluding hydrogens is 348 g/mol. The number of hydrogen-bond acceptors (Lipinski definition) is 4. The number of imidazole rings is 2. The maximum Gasteiger partial charge on any atom is 0.142 e. The van der Waals surface area contributed by atoms with E-state index in [9.17, 15) is 0 Å². The van der Waals surface area contributed by atoms with E-state index in [-0.39, 0.29) is 0 Å². The summed E-state index contributed by atoms with van der Waals surface area (Å²) in [6.45, 7) is 1.77. The Labute approximate surface area is 162 Å². The highest BCUT2D eigenvalue weighted by molar-refractivity contribution is 5.99. The SMILES string of the molecule is c1ccc2[nH]c(-c3cnc4ccccc4c3NCCCn3ccnc3)nc2c1. The molecule has 138 valence electrons. The third kappa shape index (κ3) is 3.09. The van der Waals surface area contributed by atoms with Crippen LogP contribution in [-0.2, 0) is 6.54 Å². The van der Waals surface area contributed by atoms with Gasteiger partial charge in [-0.3, -0.25) is 4.98 Å². The Kier molecular flexibility index (Phi) is 4.21. The lowest BCUT2D eigenvalue weighted by Crippen LogP contribution is -2.07. The molecule has 5 aromatic rings. The normalized spacial score (nSPS) is 11.3. The van der Waals surface area contributed by atoms with Crippen LogP contribution in [0.15, 0.2) is 73.4 Å². The molecule has 0 bridgehead atoms. The molecular formula is C22H20N6. The van der Waals surface area contributed by atoms with Gasteiger partial charge in [0.2, 0.25) is 0 Å². The molecule has 0 fully saturated rings. The minimum Gasteiger partial charge on any atom is -0.384 e. The number of pyridine rings is 1. The molecule has 3 aromatic heterocycles. The molecule has 28 heavy (non-hydrogen) atoms. The number of rotatable bonds is 6. The topological polar surface area (TPSA) is 71.4 Å². The largest absolute Gasteiger partial charge is 0.384 e. The molecule has 0 atom stereocenters. The molecule has 0 aliphatic rings. The molecule has 2 N–H and O–H groups in total. The third-order valence-corrected chi connectivity index (χ3v) is 4.87. The molecule has 0 amide bonds. The van der Waals surface area contributed by atoms with Crippen molar-refractivity contribution in [3.8, 4) is 11.4 Å². The second kappa shape index (κ2) is 7.15. The second-order valence-corrected chi connectivity index (χ2v) is 6.75. The molecule has 0 saturated heterocycles. The predicted octanol–water partition coefficient (Wildman–Crippen LogP) is 4.48. The first-order valence-corrected chi connectivity index (χ1v) is 9.41. The van der Waals surface area contributed by atoms with Crippen molar-refractivity contribution in [2.24, 2.45) is 0 Å². The first-order valence-electron chi connectivity index (χ1n) is 9.41. The molecule has 5 rings (SSSR count). The summed E-state index contributed by atoms with van der Waals surface area (Å²) in [6, 6.07) is 16.3. The van der Waals surface area contributed by atoms with Gasteiger partial charge in [-0.25, -0.2) is 9.97 Å². The van der Waals surface area contributed by atoms with E-state index < -0.39 is 0 Å². The number of aromatic amines is 1. The number of nitrogens with zero attached hydrogens (tertiary/aromatic N) is 4. The lowest BCUT2D eigenvalue weighted by atomic mass is 10.1. The summed E-state index contributed by atoms with van der Waals surface area (Å²) in [6.07, 6.45) is 8.54. The van der Waals surface area contributed by atoms with Gasteiger partial charge >= 0.3 is 0 Å². The summed E-state index contributed by atoms with van der Waals surface area (Å²) in [5.74, 6) is 0.830. The van der Waals surface area contributed by atoms with Crippen molar-refractivity contribution < 1.29 is 0 Å². The van der Waals surface area contributed by atoms with Crippen LogP contribution < -0.4 is 5.32 Å². The highest BCUT2D eigenvalue weighted by Crippen LogP contribution is 2.33. The molecule has 0 saturated carbocycles. The van der Waals surface area contributed by atoms with Gasteiger partial charge in [0.05, 0.1) is 34.1 Å². The number of aromatic nitrogens is 5. The summed E-state index contributed by atoms with van der Waals surface area (Å²) in [5.41, 5.74) is 5.00. The Hall–Kier alpha value is -3.67. The number of fused-ring (bicyclic) bond motifs is 2. The highest BCUT2D eigenvalue weighted by Gasteiger charge is 2.13. The number of hydrogen-bond donors (Lipinski definition) is 2. The maximum atomic E-state index is 4.77. The number of para-hydroxylation sites is 3. The predicted molar refractivity (Wildman–Crippen MR) is 112 cm³/mol. The minimum atomic E-state index is 0.830. The minimum absolute atomic E-state index is 0.830. The first-order chi connectivity index (χ1) is 13.9. The number of benzene rings is 2.